The van der Waals surface area contributed by atoms with Crippen LogP contribution in [0.25, 0.3) is 0 Å². The number of fused-ring (bicyclic) bond motifs is 1. The molecule has 24 heavy (non-hydrogen) atoms. The van der Waals surface area contributed by atoms with Crippen LogP contribution in [0.2, 0.25) is 0 Å². The molecule has 0 amide bonds. The summed E-state index contributed by atoms with van der Waals surface area (Å²) in [4.78, 5) is 0.357. The summed E-state index contributed by atoms with van der Waals surface area (Å²) in [5, 5.41) is 0. The van der Waals surface area contributed by atoms with Crippen molar-refractivity contribution >= 4 is 10.0 Å². The van der Waals surface area contributed by atoms with E-state index in [1.54, 1.807) is 6.07 Å². The number of aryl methyl sites for hydroxylation is 2. The Hall–Kier alpha value is -2.05. The molecule has 5 nitrogen and oxygen atoms in total. The van der Waals surface area contributed by atoms with Gasteiger partial charge in [0, 0.05) is 13.1 Å². The molecule has 3 rings (SSSR count). The molecule has 0 saturated carbocycles. The lowest BCUT2D eigenvalue weighted by Crippen LogP contribution is -2.31. The number of hydrogen-bond acceptors (Lipinski definition) is 4. The second-order valence-corrected chi connectivity index (χ2v) is 7.79. The molecule has 0 aliphatic carbocycles. The summed E-state index contributed by atoms with van der Waals surface area (Å²) in [6, 6.07) is 10.9. The van der Waals surface area contributed by atoms with Gasteiger partial charge in [-0.25, -0.2) is 8.42 Å². The van der Waals surface area contributed by atoms with E-state index >= 15 is 0 Å². The van der Waals surface area contributed by atoms with Gasteiger partial charge in [-0.15, -0.1) is 0 Å². The van der Waals surface area contributed by atoms with Gasteiger partial charge in [-0.3, -0.25) is 0 Å². The van der Waals surface area contributed by atoms with Crippen LogP contribution < -0.4 is 9.47 Å². The van der Waals surface area contributed by atoms with Crippen LogP contribution in [0.3, 0.4) is 0 Å². The van der Waals surface area contributed by atoms with E-state index in [1.807, 2.05) is 51.1 Å². The molecule has 0 fully saturated rings. The quantitative estimate of drug-likeness (QED) is 0.833. The molecular weight excluding hydrogens is 326 g/mol. The van der Waals surface area contributed by atoms with Gasteiger partial charge >= 0.3 is 0 Å². The Morgan fingerprint density at radius 1 is 1.04 bits per heavy atom. The van der Waals surface area contributed by atoms with E-state index < -0.39 is 10.0 Å². The largest absolute Gasteiger partial charge is 0.454 e. The molecule has 0 radical (unpaired) electrons. The van der Waals surface area contributed by atoms with Crippen LogP contribution in [0.1, 0.15) is 23.6 Å². The van der Waals surface area contributed by atoms with Crippen LogP contribution in [-0.2, 0) is 16.6 Å². The number of nitrogens with zero attached hydrogens (tertiary/aromatic N) is 1. The van der Waals surface area contributed by atoms with Gasteiger partial charge in [0.15, 0.2) is 11.5 Å². The maximum atomic E-state index is 13.0. The fourth-order valence-corrected chi connectivity index (χ4v) is 4.48. The lowest BCUT2D eigenvalue weighted by molar-refractivity contribution is 0.174. The number of sulfonamides is 1. The summed E-state index contributed by atoms with van der Waals surface area (Å²) in [5.41, 5.74) is 2.68. The molecule has 0 saturated heterocycles. The maximum Gasteiger partial charge on any atom is 0.243 e. The third kappa shape index (κ3) is 3.12. The van der Waals surface area contributed by atoms with E-state index in [1.165, 1.54) is 4.31 Å². The predicted octanol–water partition coefficient (Wildman–Crippen LogP) is 3.24. The highest BCUT2D eigenvalue weighted by molar-refractivity contribution is 7.89. The Morgan fingerprint density at radius 3 is 2.50 bits per heavy atom. The molecule has 0 N–H and O–H groups in total. The molecule has 6 heteroatoms. The van der Waals surface area contributed by atoms with Crippen molar-refractivity contribution < 1.29 is 17.9 Å². The third-order valence-electron chi connectivity index (χ3n) is 4.10. The molecule has 1 heterocycles. The molecule has 128 valence electrons. The molecule has 0 aromatic heterocycles. The van der Waals surface area contributed by atoms with Gasteiger partial charge in [0.05, 0.1) is 4.90 Å². The minimum absolute atomic E-state index is 0.205. The summed E-state index contributed by atoms with van der Waals surface area (Å²) in [7, 11) is -3.55. The van der Waals surface area contributed by atoms with Crippen LogP contribution >= 0.6 is 0 Å². The SMILES string of the molecule is CCN(Cc1ccc2c(c1)OCO2)S(=O)(=O)c1ccc(C)cc1C. The molecule has 1 aliphatic heterocycles. The van der Waals surface area contributed by atoms with E-state index in [0.717, 1.165) is 16.7 Å². The predicted molar refractivity (Wildman–Crippen MR) is 91.8 cm³/mol. The van der Waals surface area contributed by atoms with Gasteiger partial charge < -0.3 is 9.47 Å². The fourth-order valence-electron chi connectivity index (χ4n) is 2.84. The van der Waals surface area contributed by atoms with Gasteiger partial charge in [0.25, 0.3) is 0 Å². The van der Waals surface area contributed by atoms with E-state index in [9.17, 15) is 8.42 Å². The summed E-state index contributed by atoms with van der Waals surface area (Å²) in [5.74, 6) is 1.35. The van der Waals surface area contributed by atoms with Crippen molar-refractivity contribution in [3.63, 3.8) is 0 Å². The van der Waals surface area contributed by atoms with Gasteiger partial charge in [0.1, 0.15) is 0 Å². The van der Waals surface area contributed by atoms with E-state index in [0.29, 0.717) is 29.5 Å². The monoisotopic (exact) mass is 347 g/mol. The molecule has 0 bridgehead atoms. The molecule has 0 atom stereocenters. The van der Waals surface area contributed by atoms with Crippen LogP contribution in [0.5, 0.6) is 11.5 Å². The minimum Gasteiger partial charge on any atom is -0.454 e. The molecular formula is C18H21NO4S. The second-order valence-electron chi connectivity index (χ2n) is 5.89. The standard InChI is InChI=1S/C18H21NO4S/c1-4-19(11-15-6-7-16-17(10-15)23-12-22-16)24(20,21)18-8-5-13(2)9-14(18)3/h5-10H,4,11-12H2,1-3H3. The van der Waals surface area contributed by atoms with Gasteiger partial charge in [-0.1, -0.05) is 30.7 Å². The Balaban J connectivity index is 1.90. The average molecular weight is 347 g/mol. The van der Waals surface area contributed by atoms with Crippen molar-refractivity contribution in [1.29, 1.82) is 0 Å². The number of benzene rings is 2. The summed E-state index contributed by atoms with van der Waals surface area (Å²) < 4.78 is 38.1. The lowest BCUT2D eigenvalue weighted by Gasteiger charge is -2.22. The van der Waals surface area contributed by atoms with Gasteiger partial charge in [-0.05, 0) is 43.2 Å². The number of ether oxygens (including phenoxy) is 2. The summed E-state index contributed by atoms with van der Waals surface area (Å²) in [6.45, 7) is 6.51. The Bertz CT molecular complexity index is 861. The summed E-state index contributed by atoms with van der Waals surface area (Å²) in [6.07, 6.45) is 0. The fraction of sp³-hybridized carbons (Fsp3) is 0.333. The first kappa shape index (κ1) is 16.8. The smallest absolute Gasteiger partial charge is 0.243 e. The lowest BCUT2D eigenvalue weighted by atomic mass is 10.2. The third-order valence-corrected chi connectivity index (χ3v) is 6.18. The Kier molecular flexibility index (Phi) is 4.51. The highest BCUT2D eigenvalue weighted by Crippen LogP contribution is 2.33. The average Bonchev–Trinajstić information content (AvgIpc) is 2.99. The minimum atomic E-state index is -3.55. The number of hydrogen-bond donors (Lipinski definition) is 0. The number of rotatable bonds is 5. The summed E-state index contributed by atoms with van der Waals surface area (Å²) >= 11 is 0. The van der Waals surface area contributed by atoms with Crippen LogP contribution in [0, 0.1) is 13.8 Å². The zero-order valence-corrected chi connectivity index (χ0v) is 14.9. The zero-order chi connectivity index (χ0) is 17.3. The molecule has 0 unspecified atom stereocenters. The van der Waals surface area contributed by atoms with Crippen LogP contribution in [-0.4, -0.2) is 26.1 Å². The molecule has 2 aromatic carbocycles. The van der Waals surface area contributed by atoms with Crippen LogP contribution in [0.4, 0.5) is 0 Å². The first-order chi connectivity index (χ1) is 11.4. The Morgan fingerprint density at radius 2 is 1.79 bits per heavy atom. The van der Waals surface area contributed by atoms with E-state index in [2.05, 4.69) is 0 Å². The van der Waals surface area contributed by atoms with E-state index in [4.69, 9.17) is 9.47 Å². The van der Waals surface area contributed by atoms with Crippen molar-refractivity contribution in [2.75, 3.05) is 13.3 Å². The highest BCUT2D eigenvalue weighted by atomic mass is 32.2. The maximum absolute atomic E-state index is 13.0. The van der Waals surface area contributed by atoms with Gasteiger partial charge in [0.2, 0.25) is 16.8 Å². The van der Waals surface area contributed by atoms with Gasteiger partial charge in [-0.2, -0.15) is 4.31 Å². The Labute approximate surface area is 142 Å². The van der Waals surface area contributed by atoms with Crippen molar-refractivity contribution in [3.05, 3.63) is 53.1 Å². The molecule has 0 spiro atoms. The zero-order valence-electron chi connectivity index (χ0n) is 14.1. The first-order valence-electron chi connectivity index (χ1n) is 7.87. The first-order valence-corrected chi connectivity index (χ1v) is 9.31. The van der Waals surface area contributed by atoms with Crippen molar-refractivity contribution in [2.45, 2.75) is 32.2 Å². The molecule has 1 aliphatic rings. The highest BCUT2D eigenvalue weighted by Gasteiger charge is 2.25. The van der Waals surface area contributed by atoms with Crippen LogP contribution in [0.15, 0.2) is 41.3 Å². The van der Waals surface area contributed by atoms with Crippen molar-refractivity contribution in [2.24, 2.45) is 0 Å². The van der Waals surface area contributed by atoms with Crippen molar-refractivity contribution in [3.8, 4) is 11.5 Å². The van der Waals surface area contributed by atoms with E-state index in [-0.39, 0.29) is 6.79 Å². The normalized spacial score (nSPS) is 13.5. The van der Waals surface area contributed by atoms with Crippen molar-refractivity contribution in [1.82, 2.24) is 4.31 Å². The topological polar surface area (TPSA) is 55.8 Å². The molecule has 2 aromatic rings. The second kappa shape index (κ2) is 6.45.